The Hall–Kier alpha value is -4.19. The third-order valence-corrected chi connectivity index (χ3v) is 5.44. The summed E-state index contributed by atoms with van der Waals surface area (Å²) in [5, 5.41) is 8.50. The maximum atomic E-state index is 12.3. The third-order valence-electron chi connectivity index (χ3n) is 5.44. The second-order valence-electron chi connectivity index (χ2n) is 7.63. The van der Waals surface area contributed by atoms with E-state index in [1.807, 2.05) is 68.4 Å². The highest BCUT2D eigenvalue weighted by Crippen LogP contribution is 2.23. The van der Waals surface area contributed by atoms with Gasteiger partial charge in [-0.1, -0.05) is 54.6 Å². The molecule has 4 aromatic rings. The van der Waals surface area contributed by atoms with Gasteiger partial charge in [-0.05, 0) is 49.9 Å². The van der Waals surface area contributed by atoms with Crippen molar-refractivity contribution < 1.29 is 9.59 Å². The molecule has 0 aliphatic heterocycles. The summed E-state index contributed by atoms with van der Waals surface area (Å²) in [4.78, 5) is 24.6. The Morgan fingerprint density at radius 3 is 2.41 bits per heavy atom. The van der Waals surface area contributed by atoms with E-state index in [0.717, 1.165) is 39.0 Å². The van der Waals surface area contributed by atoms with Gasteiger partial charge in [0.1, 0.15) is 0 Å². The van der Waals surface area contributed by atoms with E-state index in [4.69, 9.17) is 0 Å². The molecule has 0 unspecified atom stereocenters. The minimum Gasteiger partial charge on any atom is -0.318 e. The van der Waals surface area contributed by atoms with Crippen LogP contribution in [0.5, 0.6) is 0 Å². The highest BCUT2D eigenvalue weighted by Gasteiger charge is 2.15. The summed E-state index contributed by atoms with van der Waals surface area (Å²) in [6.45, 7) is 6.08. The molecule has 0 aliphatic rings. The summed E-state index contributed by atoms with van der Waals surface area (Å²) < 4.78 is 2.14. The van der Waals surface area contributed by atoms with E-state index < -0.39 is 11.8 Å². The lowest BCUT2D eigenvalue weighted by Crippen LogP contribution is -2.32. The standard InChI is InChI=1S/C26H24N4O2/c1-17-9-4-7-14-24(17)30-18(2)15-21(19(30)3)16-27-29-26(32)25(31)28-23-13-8-11-20-10-5-6-12-22(20)23/h4-16H,1-3H3,(H,28,31)(H,29,32)/b27-16-. The Bertz CT molecular complexity index is 1350. The number of carbonyl (C=O) groups excluding carboxylic acids is 2. The first-order valence-corrected chi connectivity index (χ1v) is 10.3. The van der Waals surface area contributed by atoms with E-state index in [2.05, 4.69) is 39.5 Å². The molecule has 6 nitrogen and oxygen atoms in total. The smallest absolute Gasteiger partial charge is 0.318 e. The van der Waals surface area contributed by atoms with Gasteiger partial charge in [-0.25, -0.2) is 5.43 Å². The number of benzene rings is 3. The number of nitrogens with one attached hydrogen (secondary N) is 2. The van der Waals surface area contributed by atoms with Crippen LogP contribution in [0.3, 0.4) is 0 Å². The molecule has 3 aromatic carbocycles. The monoisotopic (exact) mass is 424 g/mol. The normalized spacial score (nSPS) is 11.1. The zero-order chi connectivity index (χ0) is 22.7. The average molecular weight is 425 g/mol. The minimum atomic E-state index is -0.832. The van der Waals surface area contributed by atoms with Crippen molar-refractivity contribution in [3.05, 3.63) is 95.3 Å². The van der Waals surface area contributed by atoms with E-state index >= 15 is 0 Å². The van der Waals surface area contributed by atoms with Crippen molar-refractivity contribution in [1.29, 1.82) is 0 Å². The molecule has 0 saturated carbocycles. The van der Waals surface area contributed by atoms with Crippen molar-refractivity contribution in [1.82, 2.24) is 9.99 Å². The van der Waals surface area contributed by atoms with Crippen LogP contribution in [-0.2, 0) is 9.59 Å². The van der Waals surface area contributed by atoms with Crippen LogP contribution in [0.15, 0.2) is 77.9 Å². The number of anilines is 1. The van der Waals surface area contributed by atoms with E-state index in [0.29, 0.717) is 5.69 Å². The minimum absolute atomic E-state index is 0.578. The molecule has 0 bridgehead atoms. The van der Waals surface area contributed by atoms with E-state index in [1.165, 1.54) is 0 Å². The van der Waals surface area contributed by atoms with Crippen molar-refractivity contribution >= 4 is 34.5 Å². The SMILES string of the molecule is Cc1ccccc1-n1c(C)cc(/C=N\NC(=O)C(=O)Nc2cccc3ccccc23)c1C. The summed E-state index contributed by atoms with van der Waals surface area (Å²) >= 11 is 0. The molecule has 0 radical (unpaired) electrons. The van der Waals surface area contributed by atoms with Crippen molar-refractivity contribution in [2.75, 3.05) is 5.32 Å². The zero-order valence-corrected chi connectivity index (χ0v) is 18.2. The number of hydrazone groups is 1. The number of para-hydroxylation sites is 1. The Morgan fingerprint density at radius 2 is 1.59 bits per heavy atom. The molecule has 0 atom stereocenters. The number of amides is 2. The first kappa shape index (κ1) is 21.1. The maximum Gasteiger partial charge on any atom is 0.329 e. The van der Waals surface area contributed by atoms with Gasteiger partial charge in [0.15, 0.2) is 0 Å². The molecule has 0 saturated heterocycles. The van der Waals surface area contributed by atoms with Crippen LogP contribution >= 0.6 is 0 Å². The Morgan fingerprint density at radius 1 is 0.875 bits per heavy atom. The Balaban J connectivity index is 1.46. The molecule has 32 heavy (non-hydrogen) atoms. The van der Waals surface area contributed by atoms with Crippen LogP contribution in [0.25, 0.3) is 16.5 Å². The number of aryl methyl sites for hydroxylation is 2. The van der Waals surface area contributed by atoms with E-state index in [-0.39, 0.29) is 0 Å². The van der Waals surface area contributed by atoms with Gasteiger partial charge >= 0.3 is 11.8 Å². The first-order valence-electron chi connectivity index (χ1n) is 10.3. The molecular formula is C26H24N4O2. The first-order chi connectivity index (χ1) is 15.5. The fourth-order valence-electron chi connectivity index (χ4n) is 3.83. The zero-order valence-electron chi connectivity index (χ0n) is 18.2. The fourth-order valence-corrected chi connectivity index (χ4v) is 3.83. The molecule has 4 rings (SSSR count). The molecule has 160 valence electrons. The second kappa shape index (κ2) is 8.89. The van der Waals surface area contributed by atoms with Crippen LogP contribution in [-0.4, -0.2) is 22.6 Å². The predicted molar refractivity (Wildman–Crippen MR) is 128 cm³/mol. The molecule has 1 aromatic heterocycles. The summed E-state index contributed by atoms with van der Waals surface area (Å²) in [6, 6.07) is 23.3. The van der Waals surface area contributed by atoms with Gasteiger partial charge in [0.2, 0.25) is 0 Å². The molecule has 1 heterocycles. The number of aromatic nitrogens is 1. The van der Waals surface area contributed by atoms with E-state index in [1.54, 1.807) is 12.3 Å². The summed E-state index contributed by atoms with van der Waals surface area (Å²) in [5.74, 6) is -1.61. The van der Waals surface area contributed by atoms with Crippen molar-refractivity contribution in [2.45, 2.75) is 20.8 Å². The van der Waals surface area contributed by atoms with Gasteiger partial charge < -0.3 is 9.88 Å². The van der Waals surface area contributed by atoms with Crippen LogP contribution in [0.1, 0.15) is 22.5 Å². The maximum absolute atomic E-state index is 12.3. The lowest BCUT2D eigenvalue weighted by molar-refractivity contribution is -0.136. The van der Waals surface area contributed by atoms with Gasteiger partial charge in [0.05, 0.1) is 6.21 Å². The summed E-state index contributed by atoms with van der Waals surface area (Å²) in [7, 11) is 0. The third kappa shape index (κ3) is 4.16. The number of rotatable bonds is 4. The lowest BCUT2D eigenvalue weighted by Gasteiger charge is -2.12. The quantitative estimate of drug-likeness (QED) is 0.284. The molecule has 6 heteroatoms. The largest absolute Gasteiger partial charge is 0.329 e. The molecular weight excluding hydrogens is 400 g/mol. The van der Waals surface area contributed by atoms with Gasteiger partial charge in [-0.2, -0.15) is 5.10 Å². The van der Waals surface area contributed by atoms with Crippen LogP contribution in [0.4, 0.5) is 5.69 Å². The van der Waals surface area contributed by atoms with Gasteiger partial charge in [-0.15, -0.1) is 0 Å². The average Bonchev–Trinajstić information content (AvgIpc) is 3.07. The predicted octanol–water partition coefficient (Wildman–Crippen LogP) is 4.64. The number of hydrogen-bond donors (Lipinski definition) is 2. The molecule has 0 fully saturated rings. The van der Waals surface area contributed by atoms with Crippen LogP contribution in [0.2, 0.25) is 0 Å². The van der Waals surface area contributed by atoms with Gasteiger partial charge in [-0.3, -0.25) is 9.59 Å². The molecule has 0 spiro atoms. The molecule has 2 amide bonds. The van der Waals surface area contributed by atoms with E-state index in [9.17, 15) is 9.59 Å². The number of hydrogen-bond acceptors (Lipinski definition) is 3. The van der Waals surface area contributed by atoms with Crippen LogP contribution < -0.4 is 10.7 Å². The highest BCUT2D eigenvalue weighted by molar-refractivity contribution is 6.40. The van der Waals surface area contributed by atoms with Crippen molar-refractivity contribution in [2.24, 2.45) is 5.10 Å². The number of nitrogens with zero attached hydrogens (tertiary/aromatic N) is 2. The number of carbonyl (C=O) groups is 2. The second-order valence-corrected chi connectivity index (χ2v) is 7.63. The summed E-state index contributed by atoms with van der Waals surface area (Å²) in [5.41, 5.74) is 8.07. The molecule has 0 aliphatic carbocycles. The van der Waals surface area contributed by atoms with Crippen molar-refractivity contribution in [3.8, 4) is 5.69 Å². The summed E-state index contributed by atoms with van der Waals surface area (Å²) in [6.07, 6.45) is 1.56. The van der Waals surface area contributed by atoms with Gasteiger partial charge in [0.25, 0.3) is 0 Å². The Labute approximate surface area is 186 Å². The number of fused-ring (bicyclic) bond motifs is 1. The lowest BCUT2D eigenvalue weighted by atomic mass is 10.1. The molecule has 2 N–H and O–H groups in total. The van der Waals surface area contributed by atoms with Crippen LogP contribution in [0, 0.1) is 20.8 Å². The highest BCUT2D eigenvalue weighted by atomic mass is 16.2. The topological polar surface area (TPSA) is 75.5 Å². The van der Waals surface area contributed by atoms with Crippen molar-refractivity contribution in [3.63, 3.8) is 0 Å². The fraction of sp³-hybridized carbons (Fsp3) is 0.115. The van der Waals surface area contributed by atoms with Gasteiger partial charge in [0, 0.05) is 33.7 Å². The Kier molecular flexibility index (Phi) is 5.85.